The number of aliphatic hydroxyl groups excluding tert-OH is 1. The van der Waals surface area contributed by atoms with Crippen molar-refractivity contribution in [3.05, 3.63) is 35.5 Å². The number of anilines is 3. The van der Waals surface area contributed by atoms with E-state index in [0.29, 0.717) is 37.0 Å². The largest absolute Gasteiger partial charge is 0.394 e. The van der Waals surface area contributed by atoms with E-state index in [1.807, 2.05) is 0 Å². The standard InChI is InChI=1S/C25H33N5O3S/c1-33-25(18-5-7-19(8-6-18)29-12-2-3-13-29)15-30(16-25)23-26-20-9-14-34(32)21(20)22(27-23)28-24(17-31)10-4-11-24/h5-8,31H,2-4,9-17H2,1H3,(H,26,27,28). The lowest BCUT2D eigenvalue weighted by molar-refractivity contribution is -0.0390. The van der Waals surface area contributed by atoms with Crippen LogP contribution in [0.4, 0.5) is 17.5 Å². The highest BCUT2D eigenvalue weighted by Gasteiger charge is 2.47. The number of aliphatic hydroxyl groups is 1. The summed E-state index contributed by atoms with van der Waals surface area (Å²) in [6.07, 6.45) is 6.10. The number of fused-ring (bicyclic) bond motifs is 1. The van der Waals surface area contributed by atoms with E-state index in [4.69, 9.17) is 14.7 Å². The second kappa shape index (κ2) is 8.46. The van der Waals surface area contributed by atoms with Crippen LogP contribution in [0.15, 0.2) is 29.2 Å². The minimum absolute atomic E-state index is 0.0532. The Morgan fingerprint density at radius 2 is 1.82 bits per heavy atom. The molecule has 0 radical (unpaired) electrons. The molecule has 6 rings (SSSR count). The monoisotopic (exact) mass is 483 g/mol. The van der Waals surface area contributed by atoms with Gasteiger partial charge in [0.25, 0.3) is 0 Å². The van der Waals surface area contributed by atoms with Crippen LogP contribution < -0.4 is 15.1 Å². The van der Waals surface area contributed by atoms with Crippen LogP contribution in [0.2, 0.25) is 0 Å². The van der Waals surface area contributed by atoms with Gasteiger partial charge in [0.2, 0.25) is 5.95 Å². The van der Waals surface area contributed by atoms with Gasteiger partial charge >= 0.3 is 0 Å². The van der Waals surface area contributed by atoms with Gasteiger partial charge in [-0.15, -0.1) is 0 Å². The number of ether oxygens (including phenoxy) is 1. The SMILES string of the molecule is COC1(c2ccc(N3CCCC3)cc2)CN(c2nc3c(c(NC4(CO)CCC4)n2)S(=O)CC3)C1. The summed E-state index contributed by atoms with van der Waals surface area (Å²) in [5, 5.41) is 13.4. The van der Waals surface area contributed by atoms with E-state index in [1.165, 1.54) is 24.1 Å². The highest BCUT2D eigenvalue weighted by atomic mass is 32.2. The highest BCUT2D eigenvalue weighted by Crippen LogP contribution is 2.41. The van der Waals surface area contributed by atoms with Gasteiger partial charge < -0.3 is 25.0 Å². The molecule has 2 aromatic rings. The Morgan fingerprint density at radius 1 is 1.09 bits per heavy atom. The van der Waals surface area contributed by atoms with Crippen LogP contribution in [0.3, 0.4) is 0 Å². The number of aromatic nitrogens is 2. The molecular weight excluding hydrogens is 450 g/mol. The Morgan fingerprint density at radius 3 is 2.44 bits per heavy atom. The van der Waals surface area contributed by atoms with Crippen molar-refractivity contribution >= 4 is 28.3 Å². The summed E-state index contributed by atoms with van der Waals surface area (Å²) in [5.74, 6) is 1.86. The Labute approximate surface area is 203 Å². The van der Waals surface area contributed by atoms with Crippen molar-refractivity contribution in [2.45, 2.75) is 54.6 Å². The van der Waals surface area contributed by atoms with Gasteiger partial charge in [-0.3, -0.25) is 4.21 Å². The van der Waals surface area contributed by atoms with E-state index < -0.39 is 10.8 Å². The minimum atomic E-state index is -1.10. The summed E-state index contributed by atoms with van der Waals surface area (Å²) in [6, 6.07) is 8.80. The molecule has 1 aromatic carbocycles. The molecule has 1 aromatic heterocycles. The molecule has 2 saturated heterocycles. The summed E-state index contributed by atoms with van der Waals surface area (Å²) >= 11 is 0. The molecule has 3 fully saturated rings. The quantitative estimate of drug-likeness (QED) is 0.621. The minimum Gasteiger partial charge on any atom is -0.394 e. The first-order valence-corrected chi connectivity index (χ1v) is 13.7. The summed E-state index contributed by atoms with van der Waals surface area (Å²) in [4.78, 5) is 14.9. The number of methoxy groups -OCH3 is 1. The fraction of sp³-hybridized carbons (Fsp3) is 0.600. The van der Waals surface area contributed by atoms with Crippen LogP contribution in [0.1, 0.15) is 43.4 Å². The molecule has 9 heteroatoms. The van der Waals surface area contributed by atoms with Gasteiger partial charge in [0, 0.05) is 38.1 Å². The van der Waals surface area contributed by atoms with Gasteiger partial charge in [0.1, 0.15) is 16.3 Å². The Hall–Kier alpha value is -2.23. The van der Waals surface area contributed by atoms with Crippen molar-refractivity contribution < 1.29 is 14.1 Å². The zero-order chi connectivity index (χ0) is 23.3. The Kier molecular flexibility index (Phi) is 5.54. The summed E-state index contributed by atoms with van der Waals surface area (Å²) in [6.45, 7) is 3.66. The molecule has 1 aliphatic carbocycles. The van der Waals surface area contributed by atoms with E-state index in [9.17, 15) is 9.32 Å². The molecule has 2 N–H and O–H groups in total. The molecule has 34 heavy (non-hydrogen) atoms. The lowest BCUT2D eigenvalue weighted by Gasteiger charge is -2.49. The number of nitrogens with one attached hydrogen (secondary N) is 1. The molecule has 8 nitrogen and oxygen atoms in total. The van der Waals surface area contributed by atoms with E-state index >= 15 is 0 Å². The third-order valence-electron chi connectivity index (χ3n) is 8.10. The second-order valence-corrected chi connectivity index (χ2v) is 11.7. The van der Waals surface area contributed by atoms with E-state index in [2.05, 4.69) is 39.4 Å². The third-order valence-corrected chi connectivity index (χ3v) is 9.56. The molecule has 4 aliphatic rings. The first kappa shape index (κ1) is 22.2. The molecule has 1 saturated carbocycles. The van der Waals surface area contributed by atoms with Gasteiger partial charge in [0.15, 0.2) is 0 Å². The highest BCUT2D eigenvalue weighted by molar-refractivity contribution is 7.85. The molecule has 0 amide bonds. The van der Waals surface area contributed by atoms with Gasteiger partial charge in [-0.05, 0) is 49.8 Å². The van der Waals surface area contributed by atoms with Crippen molar-refractivity contribution in [2.24, 2.45) is 0 Å². The third kappa shape index (κ3) is 3.60. The number of rotatable bonds is 7. The van der Waals surface area contributed by atoms with E-state index in [0.717, 1.165) is 42.9 Å². The zero-order valence-electron chi connectivity index (χ0n) is 19.8. The molecule has 0 bridgehead atoms. The van der Waals surface area contributed by atoms with Crippen molar-refractivity contribution in [3.63, 3.8) is 0 Å². The lowest BCUT2D eigenvalue weighted by Crippen LogP contribution is -2.61. The molecule has 182 valence electrons. The Balaban J connectivity index is 1.24. The van der Waals surface area contributed by atoms with Gasteiger partial charge in [0.05, 0.1) is 41.7 Å². The topological polar surface area (TPSA) is 90.8 Å². The van der Waals surface area contributed by atoms with E-state index in [1.54, 1.807) is 7.11 Å². The van der Waals surface area contributed by atoms with Crippen molar-refractivity contribution in [3.8, 4) is 0 Å². The van der Waals surface area contributed by atoms with Gasteiger partial charge in [-0.25, -0.2) is 4.98 Å². The number of hydrogen-bond acceptors (Lipinski definition) is 8. The molecule has 3 aliphatic heterocycles. The summed E-state index contributed by atoms with van der Waals surface area (Å²) < 4.78 is 18.7. The van der Waals surface area contributed by atoms with Crippen molar-refractivity contribution in [2.75, 3.05) is 60.8 Å². The van der Waals surface area contributed by atoms with Crippen LogP contribution in [0.5, 0.6) is 0 Å². The predicted molar refractivity (Wildman–Crippen MR) is 133 cm³/mol. The van der Waals surface area contributed by atoms with Crippen LogP contribution in [0, 0.1) is 0 Å². The molecule has 0 spiro atoms. The number of nitrogens with zero attached hydrogens (tertiary/aromatic N) is 4. The second-order valence-electron chi connectivity index (χ2n) is 10.2. The molecule has 1 atom stereocenters. The van der Waals surface area contributed by atoms with Crippen LogP contribution in [-0.4, -0.2) is 70.5 Å². The van der Waals surface area contributed by atoms with Crippen LogP contribution >= 0.6 is 0 Å². The average Bonchev–Trinajstić information content (AvgIpc) is 3.47. The molecule has 1 unspecified atom stereocenters. The van der Waals surface area contributed by atoms with Crippen molar-refractivity contribution in [1.29, 1.82) is 0 Å². The fourth-order valence-corrected chi connectivity index (χ4v) is 6.99. The number of aryl methyl sites for hydroxylation is 1. The Bertz CT molecular complexity index is 1090. The van der Waals surface area contributed by atoms with E-state index in [-0.39, 0.29) is 17.7 Å². The number of hydrogen-bond donors (Lipinski definition) is 2. The normalized spacial score (nSPS) is 24.5. The first-order valence-electron chi connectivity index (χ1n) is 12.4. The lowest BCUT2D eigenvalue weighted by atomic mass is 9.77. The maximum Gasteiger partial charge on any atom is 0.227 e. The van der Waals surface area contributed by atoms with Crippen molar-refractivity contribution in [1.82, 2.24) is 9.97 Å². The fourth-order valence-electron chi connectivity index (χ4n) is 5.68. The maximum absolute atomic E-state index is 12.7. The number of benzene rings is 1. The van der Waals surface area contributed by atoms with Gasteiger partial charge in [-0.1, -0.05) is 12.1 Å². The summed E-state index contributed by atoms with van der Waals surface area (Å²) in [7, 11) is 0.675. The summed E-state index contributed by atoms with van der Waals surface area (Å²) in [5.41, 5.74) is 2.58. The smallest absolute Gasteiger partial charge is 0.227 e. The van der Waals surface area contributed by atoms with Crippen LogP contribution in [-0.2, 0) is 27.6 Å². The molecule has 4 heterocycles. The van der Waals surface area contributed by atoms with Crippen LogP contribution in [0.25, 0.3) is 0 Å². The zero-order valence-corrected chi connectivity index (χ0v) is 20.6. The maximum atomic E-state index is 12.7. The van der Waals surface area contributed by atoms with Gasteiger partial charge in [-0.2, -0.15) is 4.98 Å². The first-order chi connectivity index (χ1) is 16.5. The predicted octanol–water partition coefficient (Wildman–Crippen LogP) is 2.43. The average molecular weight is 484 g/mol. The molecular formula is C25H33N5O3S.